The van der Waals surface area contributed by atoms with Crippen molar-refractivity contribution in [2.45, 2.75) is 70.2 Å². The van der Waals surface area contributed by atoms with Crippen molar-refractivity contribution in [1.82, 2.24) is 0 Å². The molecule has 2 aliphatic rings. The van der Waals surface area contributed by atoms with Gasteiger partial charge in [-0.25, -0.2) is 0 Å². The van der Waals surface area contributed by atoms with Crippen LogP contribution in [0.1, 0.15) is 58.3 Å². The maximum atomic E-state index is 11.7. The van der Waals surface area contributed by atoms with Gasteiger partial charge in [0.05, 0.1) is 6.61 Å². The van der Waals surface area contributed by atoms with Crippen LogP contribution in [0.2, 0.25) is 0 Å². The molecule has 1 N–H and O–H groups in total. The smallest absolute Gasteiger partial charge is 0.204 e. The maximum Gasteiger partial charge on any atom is 0.204 e. The van der Waals surface area contributed by atoms with E-state index in [1.807, 2.05) is 0 Å². The minimum atomic E-state index is -1.05. The fraction of sp³-hybridized carbons (Fsp3) is 0.824. The third kappa shape index (κ3) is 5.07. The van der Waals surface area contributed by atoms with Gasteiger partial charge in [0.25, 0.3) is 0 Å². The third-order valence-electron chi connectivity index (χ3n) is 4.23. The maximum absolute atomic E-state index is 11.7. The third-order valence-corrected chi connectivity index (χ3v) is 4.23. The Hall–Kier alpha value is -0.910. The van der Waals surface area contributed by atoms with E-state index in [1.165, 1.54) is 12.5 Å². The van der Waals surface area contributed by atoms with Gasteiger partial charge in [-0.2, -0.15) is 0 Å². The predicted octanol–water partition coefficient (Wildman–Crippen LogP) is 2.71. The molecule has 5 heteroatoms. The number of unbranched alkanes of at least 4 members (excludes halogenated alkanes) is 3. The van der Waals surface area contributed by atoms with Gasteiger partial charge in [0.2, 0.25) is 5.78 Å². The highest BCUT2D eigenvalue weighted by molar-refractivity contribution is 5.99. The number of aliphatic hydroxyl groups excluding tert-OH is 1. The molecule has 0 aromatic carbocycles. The van der Waals surface area contributed by atoms with Crippen molar-refractivity contribution in [2.24, 2.45) is 0 Å². The van der Waals surface area contributed by atoms with Crippen LogP contribution in [0.4, 0.5) is 0 Å². The Labute approximate surface area is 132 Å². The highest BCUT2D eigenvalue weighted by Crippen LogP contribution is 2.27. The second-order valence-electron chi connectivity index (χ2n) is 6.30. The summed E-state index contributed by atoms with van der Waals surface area (Å²) in [5.74, 6) is 0.569. The Kier molecular flexibility index (Phi) is 6.86. The molecule has 0 aromatic heterocycles. The lowest BCUT2D eigenvalue weighted by molar-refractivity contribution is -0.162. The summed E-state index contributed by atoms with van der Waals surface area (Å²) in [7, 11) is 0. The summed E-state index contributed by atoms with van der Waals surface area (Å²) in [6.07, 6.45) is 9.86. The fourth-order valence-electron chi connectivity index (χ4n) is 2.71. The zero-order chi connectivity index (χ0) is 15.8. The largest absolute Gasteiger partial charge is 0.481 e. The molecule has 1 fully saturated rings. The molecule has 2 atom stereocenters. The number of ketones is 1. The molecule has 0 spiro atoms. The molecule has 2 unspecified atom stereocenters. The second-order valence-corrected chi connectivity index (χ2v) is 6.30. The summed E-state index contributed by atoms with van der Waals surface area (Å²) in [5, 5.41) is 9.19. The Balaban J connectivity index is 1.48. The van der Waals surface area contributed by atoms with Crippen LogP contribution in [0.25, 0.3) is 0 Å². The molecule has 2 aliphatic heterocycles. The minimum absolute atomic E-state index is 0.00738. The Morgan fingerprint density at radius 3 is 2.82 bits per heavy atom. The number of aliphatic hydroxyl groups is 1. The summed E-state index contributed by atoms with van der Waals surface area (Å²) >= 11 is 0. The van der Waals surface area contributed by atoms with E-state index in [0.717, 1.165) is 58.2 Å². The number of hydrogen-bond donors (Lipinski definition) is 1. The zero-order valence-corrected chi connectivity index (χ0v) is 13.5. The van der Waals surface area contributed by atoms with Crippen molar-refractivity contribution in [1.29, 1.82) is 0 Å². The van der Waals surface area contributed by atoms with Crippen LogP contribution in [0.15, 0.2) is 11.8 Å². The van der Waals surface area contributed by atoms with Crippen molar-refractivity contribution in [3.8, 4) is 0 Å². The van der Waals surface area contributed by atoms with Crippen LogP contribution in [-0.2, 0) is 19.0 Å². The van der Waals surface area contributed by atoms with Crippen molar-refractivity contribution < 1.29 is 24.1 Å². The lowest BCUT2D eigenvalue weighted by Gasteiger charge is -2.22. The van der Waals surface area contributed by atoms with Crippen LogP contribution >= 0.6 is 0 Å². The van der Waals surface area contributed by atoms with Crippen molar-refractivity contribution in [3.05, 3.63) is 11.8 Å². The predicted molar refractivity (Wildman–Crippen MR) is 82.3 cm³/mol. The summed E-state index contributed by atoms with van der Waals surface area (Å²) in [6, 6.07) is 0. The number of allylic oxidation sites excluding steroid dienone is 1. The molecule has 0 aliphatic carbocycles. The average molecular weight is 312 g/mol. The number of ether oxygens (including phenoxy) is 3. The minimum Gasteiger partial charge on any atom is -0.481 e. The van der Waals surface area contributed by atoms with E-state index in [-0.39, 0.29) is 18.7 Å². The molecular formula is C17H28O5. The number of rotatable bonds is 9. The monoisotopic (exact) mass is 312 g/mol. The molecule has 0 radical (unpaired) electrons. The number of hydrogen-bond acceptors (Lipinski definition) is 5. The summed E-state index contributed by atoms with van der Waals surface area (Å²) < 4.78 is 16.7. The molecule has 0 amide bonds. The Bertz CT molecular complexity index is 387. The normalized spacial score (nSPS) is 28.5. The molecule has 2 rings (SSSR count). The first-order chi connectivity index (χ1) is 10.6. The van der Waals surface area contributed by atoms with Gasteiger partial charge in [-0.05, 0) is 39.0 Å². The average Bonchev–Trinajstić information content (AvgIpc) is 2.82. The molecule has 1 saturated heterocycles. The molecule has 0 bridgehead atoms. The molecule has 22 heavy (non-hydrogen) atoms. The highest BCUT2D eigenvalue weighted by atomic mass is 16.7. The lowest BCUT2D eigenvalue weighted by atomic mass is 10.0. The SMILES string of the molecule is CC1(CO)OC(CCCCCCOC2CCCCO2)=CC1=O. The van der Waals surface area contributed by atoms with Crippen LogP contribution in [0.3, 0.4) is 0 Å². The van der Waals surface area contributed by atoms with E-state index in [1.54, 1.807) is 6.92 Å². The van der Waals surface area contributed by atoms with Gasteiger partial charge in [-0.1, -0.05) is 12.8 Å². The highest BCUT2D eigenvalue weighted by Gasteiger charge is 2.38. The van der Waals surface area contributed by atoms with Crippen molar-refractivity contribution in [3.63, 3.8) is 0 Å². The lowest BCUT2D eigenvalue weighted by Crippen LogP contribution is -2.36. The first-order valence-corrected chi connectivity index (χ1v) is 8.42. The first kappa shape index (κ1) is 17.4. The van der Waals surface area contributed by atoms with Crippen LogP contribution in [-0.4, -0.2) is 42.6 Å². The molecule has 0 aromatic rings. The van der Waals surface area contributed by atoms with E-state index in [4.69, 9.17) is 14.2 Å². The molecule has 126 valence electrons. The Morgan fingerprint density at radius 1 is 1.32 bits per heavy atom. The van der Waals surface area contributed by atoms with E-state index in [9.17, 15) is 9.90 Å². The van der Waals surface area contributed by atoms with Gasteiger partial charge in [-0.3, -0.25) is 4.79 Å². The van der Waals surface area contributed by atoms with E-state index in [0.29, 0.717) is 5.76 Å². The number of carbonyl (C=O) groups is 1. The Morgan fingerprint density at radius 2 is 2.14 bits per heavy atom. The molecular weight excluding hydrogens is 284 g/mol. The standard InChI is InChI=1S/C17H28O5/c1-17(13-18)15(19)12-14(22-17)8-4-2-3-6-10-20-16-9-5-7-11-21-16/h12,16,18H,2-11,13H2,1H3. The van der Waals surface area contributed by atoms with Crippen molar-refractivity contribution in [2.75, 3.05) is 19.8 Å². The van der Waals surface area contributed by atoms with Crippen molar-refractivity contribution >= 4 is 5.78 Å². The van der Waals surface area contributed by atoms with E-state index < -0.39 is 5.60 Å². The first-order valence-electron chi connectivity index (χ1n) is 8.42. The second kappa shape index (κ2) is 8.65. The number of carbonyl (C=O) groups excluding carboxylic acids is 1. The summed E-state index contributed by atoms with van der Waals surface area (Å²) in [4.78, 5) is 11.7. The van der Waals surface area contributed by atoms with E-state index in [2.05, 4.69) is 0 Å². The quantitative estimate of drug-likeness (QED) is 0.663. The van der Waals surface area contributed by atoms with Gasteiger partial charge < -0.3 is 19.3 Å². The van der Waals surface area contributed by atoms with Gasteiger partial charge in [0, 0.05) is 25.7 Å². The molecule has 0 saturated carbocycles. The molecule has 2 heterocycles. The summed E-state index contributed by atoms with van der Waals surface area (Å²) in [6.45, 7) is 2.94. The van der Waals surface area contributed by atoms with Gasteiger partial charge >= 0.3 is 0 Å². The van der Waals surface area contributed by atoms with Crippen LogP contribution in [0.5, 0.6) is 0 Å². The summed E-state index contributed by atoms with van der Waals surface area (Å²) in [5.41, 5.74) is -1.05. The van der Waals surface area contributed by atoms with E-state index >= 15 is 0 Å². The van der Waals surface area contributed by atoms with Crippen LogP contribution in [0, 0.1) is 0 Å². The van der Waals surface area contributed by atoms with Gasteiger partial charge in [-0.15, -0.1) is 0 Å². The van der Waals surface area contributed by atoms with Gasteiger partial charge in [0.15, 0.2) is 11.9 Å². The van der Waals surface area contributed by atoms with Crippen LogP contribution < -0.4 is 0 Å². The fourth-order valence-corrected chi connectivity index (χ4v) is 2.71. The zero-order valence-electron chi connectivity index (χ0n) is 13.5. The molecule has 5 nitrogen and oxygen atoms in total. The topological polar surface area (TPSA) is 65.0 Å². The van der Waals surface area contributed by atoms with Gasteiger partial charge in [0.1, 0.15) is 5.76 Å².